The fourth-order valence-corrected chi connectivity index (χ4v) is 3.34. The number of hydrogen-bond donors (Lipinski definition) is 0. The summed E-state index contributed by atoms with van der Waals surface area (Å²) in [5.74, 6) is 0.481. The number of benzene rings is 1. The molecular weight excluding hydrogens is 420 g/mol. The first-order valence-corrected chi connectivity index (χ1v) is 10.1. The van der Waals surface area contributed by atoms with Gasteiger partial charge in [0.2, 0.25) is 0 Å². The van der Waals surface area contributed by atoms with Crippen LogP contribution in [-0.2, 0) is 12.4 Å². The molecule has 0 aliphatic rings. The van der Waals surface area contributed by atoms with Gasteiger partial charge >= 0.3 is 0 Å². The van der Waals surface area contributed by atoms with Gasteiger partial charge in [0, 0.05) is 11.8 Å². The molecule has 0 saturated heterocycles. The SMILES string of the molecule is CC(C)Oc1ccc(C(=O)Cn2nccn2)cc1-n1c(CCl)nc2ncccc2c1=O. The summed E-state index contributed by atoms with van der Waals surface area (Å²) in [5, 5.41) is 8.27. The molecule has 0 atom stereocenters. The summed E-state index contributed by atoms with van der Waals surface area (Å²) in [4.78, 5) is 36.0. The van der Waals surface area contributed by atoms with E-state index in [1.807, 2.05) is 13.8 Å². The maximum absolute atomic E-state index is 13.3. The molecule has 3 aromatic heterocycles. The standard InChI is InChI=1S/C21H19ClN6O3/c1-13(2)31-18-6-5-14(17(29)12-27-24-8-9-25-27)10-16(18)28-19(11-22)26-20-15(21(28)30)4-3-7-23-20/h3-10,13H,11-12H2,1-2H3. The van der Waals surface area contributed by atoms with E-state index in [2.05, 4.69) is 20.2 Å². The lowest BCUT2D eigenvalue weighted by Crippen LogP contribution is -2.25. The van der Waals surface area contributed by atoms with Gasteiger partial charge in [-0.2, -0.15) is 15.0 Å². The van der Waals surface area contributed by atoms with E-state index in [0.29, 0.717) is 33.9 Å². The van der Waals surface area contributed by atoms with E-state index >= 15 is 0 Å². The number of ether oxygens (including phenoxy) is 1. The number of alkyl halides is 1. The predicted octanol–water partition coefficient (Wildman–Crippen LogP) is 2.78. The molecule has 0 fully saturated rings. The van der Waals surface area contributed by atoms with Crippen molar-refractivity contribution in [1.29, 1.82) is 0 Å². The minimum Gasteiger partial charge on any atom is -0.489 e. The summed E-state index contributed by atoms with van der Waals surface area (Å²) >= 11 is 6.13. The molecule has 4 rings (SSSR count). The van der Waals surface area contributed by atoms with Crippen LogP contribution in [-0.4, -0.2) is 41.4 Å². The Morgan fingerprint density at radius 1 is 1.16 bits per heavy atom. The van der Waals surface area contributed by atoms with Crippen LogP contribution in [0.4, 0.5) is 0 Å². The third-order valence-corrected chi connectivity index (χ3v) is 4.71. The van der Waals surface area contributed by atoms with Crippen LogP contribution in [0, 0.1) is 0 Å². The second kappa shape index (κ2) is 8.65. The number of halogens is 1. The zero-order valence-corrected chi connectivity index (χ0v) is 17.7. The van der Waals surface area contributed by atoms with Crippen molar-refractivity contribution in [3.05, 3.63) is 70.7 Å². The zero-order chi connectivity index (χ0) is 22.0. The van der Waals surface area contributed by atoms with Gasteiger partial charge in [0.15, 0.2) is 11.4 Å². The Balaban J connectivity index is 1.90. The number of carbonyl (C=O) groups excluding carboxylic acids is 1. The topological polar surface area (TPSA) is 105 Å². The molecule has 0 spiro atoms. The average Bonchev–Trinajstić information content (AvgIpc) is 3.27. The molecule has 3 heterocycles. The van der Waals surface area contributed by atoms with Crippen molar-refractivity contribution < 1.29 is 9.53 Å². The highest BCUT2D eigenvalue weighted by Crippen LogP contribution is 2.27. The number of Topliss-reactive ketones (excluding diaryl/α,β-unsaturated/α-hetero) is 1. The maximum Gasteiger partial charge on any atom is 0.267 e. The summed E-state index contributed by atoms with van der Waals surface area (Å²) < 4.78 is 7.29. The number of ketones is 1. The molecule has 9 nitrogen and oxygen atoms in total. The molecule has 0 aliphatic carbocycles. The fourth-order valence-electron chi connectivity index (χ4n) is 3.16. The Labute approximate surface area is 182 Å². The minimum absolute atomic E-state index is 0.0295. The highest BCUT2D eigenvalue weighted by Gasteiger charge is 2.19. The van der Waals surface area contributed by atoms with Gasteiger partial charge in [-0.05, 0) is 44.2 Å². The van der Waals surface area contributed by atoms with Gasteiger partial charge in [0.1, 0.15) is 18.1 Å². The minimum atomic E-state index is -0.347. The summed E-state index contributed by atoms with van der Waals surface area (Å²) in [7, 11) is 0. The lowest BCUT2D eigenvalue weighted by atomic mass is 10.1. The van der Waals surface area contributed by atoms with Gasteiger partial charge in [-0.3, -0.25) is 14.2 Å². The third kappa shape index (κ3) is 4.17. The molecule has 31 heavy (non-hydrogen) atoms. The maximum atomic E-state index is 13.3. The van der Waals surface area contributed by atoms with Crippen LogP contribution < -0.4 is 10.3 Å². The van der Waals surface area contributed by atoms with E-state index in [1.54, 1.807) is 36.5 Å². The molecule has 0 radical (unpaired) electrons. The van der Waals surface area contributed by atoms with Crippen molar-refractivity contribution in [2.45, 2.75) is 32.4 Å². The Kier molecular flexibility index (Phi) is 5.77. The summed E-state index contributed by atoms with van der Waals surface area (Å²) in [6, 6.07) is 8.22. The van der Waals surface area contributed by atoms with Crippen LogP contribution in [0.25, 0.3) is 16.7 Å². The van der Waals surface area contributed by atoms with Crippen LogP contribution in [0.15, 0.2) is 53.7 Å². The number of aromatic nitrogens is 6. The normalized spacial score (nSPS) is 11.2. The quantitative estimate of drug-likeness (QED) is 0.322. The molecule has 0 N–H and O–H groups in total. The Morgan fingerprint density at radius 2 is 1.94 bits per heavy atom. The molecular formula is C21H19ClN6O3. The van der Waals surface area contributed by atoms with Gasteiger partial charge in [-0.25, -0.2) is 9.97 Å². The van der Waals surface area contributed by atoms with E-state index in [0.717, 1.165) is 0 Å². The first-order chi connectivity index (χ1) is 15.0. The van der Waals surface area contributed by atoms with E-state index in [1.165, 1.54) is 21.8 Å². The number of carbonyl (C=O) groups is 1. The Hall–Kier alpha value is -3.59. The lowest BCUT2D eigenvalue weighted by molar-refractivity contribution is 0.0962. The highest BCUT2D eigenvalue weighted by atomic mass is 35.5. The summed E-state index contributed by atoms with van der Waals surface area (Å²) in [5.41, 5.74) is 0.720. The van der Waals surface area contributed by atoms with E-state index in [9.17, 15) is 9.59 Å². The molecule has 0 unspecified atom stereocenters. The smallest absolute Gasteiger partial charge is 0.267 e. The van der Waals surface area contributed by atoms with Crippen molar-refractivity contribution >= 4 is 28.4 Å². The van der Waals surface area contributed by atoms with Crippen LogP contribution in [0.2, 0.25) is 0 Å². The van der Waals surface area contributed by atoms with E-state index < -0.39 is 0 Å². The Morgan fingerprint density at radius 3 is 2.65 bits per heavy atom. The largest absolute Gasteiger partial charge is 0.489 e. The molecule has 1 aromatic carbocycles. The van der Waals surface area contributed by atoms with Crippen LogP contribution in [0.1, 0.15) is 30.0 Å². The van der Waals surface area contributed by atoms with E-state index in [4.69, 9.17) is 16.3 Å². The van der Waals surface area contributed by atoms with Gasteiger partial charge in [0.25, 0.3) is 5.56 Å². The first-order valence-electron chi connectivity index (χ1n) is 9.59. The average molecular weight is 439 g/mol. The van der Waals surface area contributed by atoms with Gasteiger partial charge < -0.3 is 4.74 Å². The molecule has 0 bridgehead atoms. The van der Waals surface area contributed by atoms with Crippen molar-refractivity contribution in [3.63, 3.8) is 0 Å². The second-order valence-electron chi connectivity index (χ2n) is 7.01. The highest BCUT2D eigenvalue weighted by molar-refractivity contribution is 6.16. The third-order valence-electron chi connectivity index (χ3n) is 4.47. The lowest BCUT2D eigenvalue weighted by Gasteiger charge is -2.18. The van der Waals surface area contributed by atoms with Crippen molar-refractivity contribution in [3.8, 4) is 11.4 Å². The first kappa shape index (κ1) is 20.7. The molecule has 10 heteroatoms. The molecule has 0 aliphatic heterocycles. The molecule has 158 valence electrons. The molecule has 4 aromatic rings. The number of fused-ring (bicyclic) bond motifs is 1. The van der Waals surface area contributed by atoms with Crippen LogP contribution in [0.3, 0.4) is 0 Å². The monoisotopic (exact) mass is 438 g/mol. The summed E-state index contributed by atoms with van der Waals surface area (Å²) in [6.45, 7) is 3.72. The predicted molar refractivity (Wildman–Crippen MR) is 115 cm³/mol. The van der Waals surface area contributed by atoms with Crippen LogP contribution in [0.5, 0.6) is 5.75 Å². The van der Waals surface area contributed by atoms with Gasteiger partial charge in [-0.15, -0.1) is 11.6 Å². The second-order valence-corrected chi connectivity index (χ2v) is 7.28. The number of rotatable bonds is 7. The van der Waals surface area contributed by atoms with E-state index in [-0.39, 0.29) is 29.9 Å². The Bertz CT molecular complexity index is 1300. The van der Waals surface area contributed by atoms with Crippen molar-refractivity contribution in [2.75, 3.05) is 0 Å². The number of hydrogen-bond acceptors (Lipinski definition) is 7. The van der Waals surface area contributed by atoms with Gasteiger partial charge in [0.05, 0.1) is 35.5 Å². The fraction of sp³-hybridized carbons (Fsp3) is 0.238. The van der Waals surface area contributed by atoms with Gasteiger partial charge in [-0.1, -0.05) is 0 Å². The molecule has 0 saturated carbocycles. The molecule has 0 amide bonds. The number of pyridine rings is 1. The zero-order valence-electron chi connectivity index (χ0n) is 16.9. The van der Waals surface area contributed by atoms with Crippen LogP contribution >= 0.6 is 11.6 Å². The number of nitrogens with zero attached hydrogens (tertiary/aromatic N) is 6. The van der Waals surface area contributed by atoms with Crippen molar-refractivity contribution in [1.82, 2.24) is 29.5 Å². The summed E-state index contributed by atoms with van der Waals surface area (Å²) in [6.07, 6.45) is 4.41. The van der Waals surface area contributed by atoms with Crippen molar-refractivity contribution in [2.24, 2.45) is 0 Å².